The second-order valence-corrected chi connectivity index (χ2v) is 5.55. The first-order valence-electron chi connectivity index (χ1n) is 7.71. The predicted octanol–water partition coefficient (Wildman–Crippen LogP) is 3.09. The van der Waals surface area contributed by atoms with E-state index in [0.717, 1.165) is 18.4 Å². The fourth-order valence-electron chi connectivity index (χ4n) is 2.86. The first-order chi connectivity index (χ1) is 9.74. The molecule has 0 amide bonds. The molecule has 2 rings (SSSR count). The van der Waals surface area contributed by atoms with E-state index in [-0.39, 0.29) is 0 Å². The highest BCUT2D eigenvalue weighted by atomic mass is 16.5. The molecule has 1 aliphatic rings. The zero-order valence-corrected chi connectivity index (χ0v) is 12.6. The molecule has 0 saturated heterocycles. The quantitative estimate of drug-likeness (QED) is 0.836. The Morgan fingerprint density at radius 3 is 2.55 bits per heavy atom. The summed E-state index contributed by atoms with van der Waals surface area (Å²) in [5.74, 6) is 2.82. The van der Waals surface area contributed by atoms with Crippen LogP contribution in [-0.2, 0) is 0 Å². The smallest absolute Gasteiger partial charge is 0.242 e. The van der Waals surface area contributed by atoms with Gasteiger partial charge in [-0.3, -0.25) is 0 Å². The Bertz CT molecular complexity index is 416. The van der Waals surface area contributed by atoms with Crippen LogP contribution in [0.2, 0.25) is 0 Å². The average Bonchev–Trinajstić information content (AvgIpc) is 2.49. The van der Waals surface area contributed by atoms with Crippen LogP contribution in [0.4, 0.5) is 11.5 Å². The molecule has 5 nitrogen and oxygen atoms in total. The Kier molecular flexibility index (Phi) is 5.44. The molecule has 20 heavy (non-hydrogen) atoms. The van der Waals surface area contributed by atoms with Gasteiger partial charge in [0.1, 0.15) is 12.0 Å². The Morgan fingerprint density at radius 1 is 1.20 bits per heavy atom. The van der Waals surface area contributed by atoms with Crippen LogP contribution >= 0.6 is 0 Å². The van der Waals surface area contributed by atoms with Gasteiger partial charge in [0.2, 0.25) is 5.88 Å². The lowest BCUT2D eigenvalue weighted by atomic mass is 9.81. The summed E-state index contributed by atoms with van der Waals surface area (Å²) in [6.07, 6.45) is 8.12. The second-order valence-electron chi connectivity index (χ2n) is 5.55. The zero-order chi connectivity index (χ0) is 14.4. The van der Waals surface area contributed by atoms with Crippen molar-refractivity contribution in [2.24, 2.45) is 11.8 Å². The van der Waals surface area contributed by atoms with Crippen molar-refractivity contribution in [2.75, 3.05) is 24.2 Å². The lowest BCUT2D eigenvalue weighted by molar-refractivity contribution is 0.278. The number of nitrogen functional groups attached to an aromatic ring is 1. The highest BCUT2D eigenvalue weighted by molar-refractivity contribution is 5.66. The summed E-state index contributed by atoms with van der Waals surface area (Å²) >= 11 is 0. The number of nitrogens with one attached hydrogen (secondary N) is 1. The van der Waals surface area contributed by atoms with Crippen LogP contribution in [-0.4, -0.2) is 23.1 Å². The lowest BCUT2D eigenvalue weighted by Gasteiger charge is -2.28. The number of rotatable bonds is 6. The van der Waals surface area contributed by atoms with E-state index in [2.05, 4.69) is 22.2 Å². The van der Waals surface area contributed by atoms with Gasteiger partial charge in [-0.25, -0.2) is 4.98 Å². The van der Waals surface area contributed by atoms with Gasteiger partial charge in [-0.2, -0.15) is 4.98 Å². The number of nitrogens with two attached hydrogens (primary N) is 1. The molecule has 0 aliphatic heterocycles. The maximum atomic E-state index is 6.02. The monoisotopic (exact) mass is 278 g/mol. The molecular weight excluding hydrogens is 252 g/mol. The number of aromatic nitrogens is 2. The number of ether oxygens (including phenoxy) is 1. The third-order valence-electron chi connectivity index (χ3n) is 4.23. The van der Waals surface area contributed by atoms with Crippen LogP contribution in [0.15, 0.2) is 6.33 Å². The molecule has 1 aromatic heterocycles. The maximum absolute atomic E-state index is 6.02. The van der Waals surface area contributed by atoms with E-state index in [0.29, 0.717) is 24.0 Å². The maximum Gasteiger partial charge on any atom is 0.242 e. The van der Waals surface area contributed by atoms with Gasteiger partial charge in [-0.1, -0.05) is 26.2 Å². The van der Waals surface area contributed by atoms with Crippen LogP contribution in [0, 0.1) is 11.8 Å². The van der Waals surface area contributed by atoms with Gasteiger partial charge < -0.3 is 15.8 Å². The third kappa shape index (κ3) is 3.74. The number of hydrogen-bond donors (Lipinski definition) is 2. The molecule has 1 saturated carbocycles. The molecule has 3 N–H and O–H groups in total. The lowest BCUT2D eigenvalue weighted by Crippen LogP contribution is -2.21. The van der Waals surface area contributed by atoms with Crippen LogP contribution in [0.1, 0.15) is 46.0 Å². The Balaban J connectivity index is 1.86. The van der Waals surface area contributed by atoms with E-state index in [9.17, 15) is 0 Å². The van der Waals surface area contributed by atoms with Crippen LogP contribution < -0.4 is 15.8 Å². The second kappa shape index (κ2) is 7.31. The van der Waals surface area contributed by atoms with E-state index in [1.807, 2.05) is 6.92 Å². The van der Waals surface area contributed by atoms with E-state index in [4.69, 9.17) is 10.5 Å². The number of anilines is 2. The van der Waals surface area contributed by atoms with Crippen molar-refractivity contribution < 1.29 is 4.74 Å². The minimum absolute atomic E-state index is 0.472. The number of hydrogen-bond acceptors (Lipinski definition) is 5. The van der Waals surface area contributed by atoms with Crippen LogP contribution in [0.25, 0.3) is 0 Å². The van der Waals surface area contributed by atoms with E-state index in [1.54, 1.807) is 0 Å². The average molecular weight is 278 g/mol. The van der Waals surface area contributed by atoms with Gasteiger partial charge in [-0.15, -0.1) is 0 Å². The summed E-state index contributed by atoms with van der Waals surface area (Å²) < 4.78 is 5.38. The zero-order valence-electron chi connectivity index (χ0n) is 12.6. The Morgan fingerprint density at radius 2 is 1.90 bits per heavy atom. The molecule has 5 heteroatoms. The summed E-state index contributed by atoms with van der Waals surface area (Å²) in [7, 11) is 0. The molecule has 112 valence electrons. The van der Waals surface area contributed by atoms with Crippen molar-refractivity contribution in [1.29, 1.82) is 0 Å². The summed E-state index contributed by atoms with van der Waals surface area (Å²) in [4.78, 5) is 8.26. The van der Waals surface area contributed by atoms with E-state index >= 15 is 0 Å². The van der Waals surface area contributed by atoms with Crippen molar-refractivity contribution >= 4 is 11.5 Å². The molecular formula is C15H26N4O. The fraction of sp³-hybridized carbons (Fsp3) is 0.733. The van der Waals surface area contributed by atoms with Crippen molar-refractivity contribution in [3.63, 3.8) is 0 Å². The number of nitrogens with zero attached hydrogens (tertiary/aromatic N) is 2. The standard InChI is InChI=1S/C15H26N4O/c1-3-11-5-7-12(8-6-11)9-17-14-13(16)15(20-4-2)19-10-18-14/h10-12H,3-9,16H2,1-2H3,(H,17,18,19). The largest absolute Gasteiger partial charge is 0.476 e. The van der Waals surface area contributed by atoms with Gasteiger partial charge in [0.25, 0.3) is 0 Å². The van der Waals surface area contributed by atoms with Gasteiger partial charge in [0, 0.05) is 6.54 Å². The van der Waals surface area contributed by atoms with Gasteiger partial charge in [-0.05, 0) is 31.6 Å². The summed E-state index contributed by atoms with van der Waals surface area (Å²) in [5.41, 5.74) is 6.53. The third-order valence-corrected chi connectivity index (χ3v) is 4.23. The van der Waals surface area contributed by atoms with Crippen molar-refractivity contribution in [1.82, 2.24) is 9.97 Å². The van der Waals surface area contributed by atoms with Gasteiger partial charge in [0.15, 0.2) is 5.82 Å². The summed E-state index contributed by atoms with van der Waals surface area (Å²) in [5, 5.41) is 3.36. The molecule has 1 heterocycles. The SMILES string of the molecule is CCOc1ncnc(NCC2CCC(CC)CC2)c1N. The molecule has 1 fully saturated rings. The van der Waals surface area contributed by atoms with E-state index in [1.165, 1.54) is 38.4 Å². The molecule has 0 atom stereocenters. The Labute approximate surface area is 121 Å². The molecule has 1 aliphatic carbocycles. The predicted molar refractivity (Wildman–Crippen MR) is 81.8 cm³/mol. The molecule has 0 bridgehead atoms. The van der Waals surface area contributed by atoms with E-state index < -0.39 is 0 Å². The highest BCUT2D eigenvalue weighted by Gasteiger charge is 2.20. The minimum atomic E-state index is 0.472. The topological polar surface area (TPSA) is 73.1 Å². The molecule has 1 aromatic rings. The fourth-order valence-corrected chi connectivity index (χ4v) is 2.86. The van der Waals surface area contributed by atoms with Crippen LogP contribution in [0.5, 0.6) is 5.88 Å². The van der Waals surface area contributed by atoms with Crippen LogP contribution in [0.3, 0.4) is 0 Å². The van der Waals surface area contributed by atoms with Crippen molar-refractivity contribution in [3.8, 4) is 5.88 Å². The summed E-state index contributed by atoms with van der Waals surface area (Å²) in [6.45, 7) is 5.70. The molecule has 0 aromatic carbocycles. The summed E-state index contributed by atoms with van der Waals surface area (Å²) in [6, 6.07) is 0. The minimum Gasteiger partial charge on any atom is -0.476 e. The van der Waals surface area contributed by atoms with Crippen molar-refractivity contribution in [3.05, 3.63) is 6.33 Å². The Hall–Kier alpha value is -1.52. The first-order valence-corrected chi connectivity index (χ1v) is 7.71. The molecule has 0 unspecified atom stereocenters. The molecule has 0 radical (unpaired) electrons. The van der Waals surface area contributed by atoms with Gasteiger partial charge in [0.05, 0.1) is 6.61 Å². The van der Waals surface area contributed by atoms with Gasteiger partial charge >= 0.3 is 0 Å². The normalized spacial score (nSPS) is 22.5. The first kappa shape index (κ1) is 14.9. The highest BCUT2D eigenvalue weighted by Crippen LogP contribution is 2.31. The molecule has 0 spiro atoms. The van der Waals surface area contributed by atoms with Crippen molar-refractivity contribution in [2.45, 2.75) is 46.0 Å².